The molecule has 1 saturated heterocycles. The van der Waals surface area contributed by atoms with Crippen molar-refractivity contribution in [3.05, 3.63) is 76.6 Å². The van der Waals surface area contributed by atoms with Crippen LogP contribution in [0.15, 0.2) is 76.0 Å². The van der Waals surface area contributed by atoms with E-state index in [4.69, 9.17) is 17.3 Å². The highest BCUT2D eigenvalue weighted by Gasteiger charge is 2.40. The first-order valence-corrected chi connectivity index (χ1v) is 14.6. The summed E-state index contributed by atoms with van der Waals surface area (Å²) < 4.78 is 0. The Kier molecular flexibility index (Phi) is 8.15. The van der Waals surface area contributed by atoms with E-state index in [1.807, 2.05) is 30.3 Å². The molecule has 4 N–H and O–H groups in total. The summed E-state index contributed by atoms with van der Waals surface area (Å²) in [6, 6.07) is 14.0. The van der Waals surface area contributed by atoms with E-state index >= 15 is 0 Å². The Balaban J connectivity index is 1.30. The molecule has 2 amide bonds. The van der Waals surface area contributed by atoms with E-state index in [0.717, 1.165) is 37.3 Å². The molecule has 3 heterocycles. The Hall–Kier alpha value is -3.76. The molecule has 0 aliphatic carbocycles. The van der Waals surface area contributed by atoms with Gasteiger partial charge in [-0.3, -0.25) is 9.59 Å². The molecule has 1 unspecified atom stereocenters. The molecule has 2 aromatic carbocycles. The van der Waals surface area contributed by atoms with Gasteiger partial charge in [0.15, 0.2) is 5.82 Å². The Morgan fingerprint density at radius 2 is 1.88 bits per heavy atom. The number of nitrogens with zero attached hydrogens (tertiary/aromatic N) is 4. The SMILES string of the molecule is CN1C(=O)C(C(=O)Nc2cccc(Sc3ncc(N4CCC(C)(C)CC4)nc3N)c2Cl)=C(O)C1Cc1ccccc1. The van der Waals surface area contributed by atoms with Crippen LogP contribution in [0.2, 0.25) is 5.02 Å². The zero-order valence-corrected chi connectivity index (χ0v) is 24.8. The third-order valence-electron chi connectivity index (χ3n) is 7.68. The number of amides is 2. The van der Waals surface area contributed by atoms with Crippen molar-refractivity contribution in [2.24, 2.45) is 5.41 Å². The molecule has 11 heteroatoms. The van der Waals surface area contributed by atoms with Crippen molar-refractivity contribution in [1.29, 1.82) is 0 Å². The minimum absolute atomic E-state index is 0.258. The van der Waals surface area contributed by atoms with Gasteiger partial charge < -0.3 is 26.0 Å². The van der Waals surface area contributed by atoms with Crippen LogP contribution in [-0.4, -0.2) is 58.0 Å². The lowest BCUT2D eigenvalue weighted by atomic mass is 9.83. The number of rotatable bonds is 7. The van der Waals surface area contributed by atoms with E-state index in [-0.39, 0.29) is 16.4 Å². The third-order valence-corrected chi connectivity index (χ3v) is 9.27. The first-order chi connectivity index (χ1) is 19.5. The average molecular weight is 593 g/mol. The second kappa shape index (κ2) is 11.6. The number of nitrogens with two attached hydrogens (primary N) is 1. The Bertz CT molecular complexity index is 1500. The quantitative estimate of drug-likeness (QED) is 0.315. The second-order valence-corrected chi connectivity index (χ2v) is 12.5. The number of anilines is 3. The van der Waals surface area contributed by atoms with Crippen molar-refractivity contribution in [2.75, 3.05) is 36.1 Å². The zero-order valence-electron chi connectivity index (χ0n) is 23.2. The molecule has 214 valence electrons. The summed E-state index contributed by atoms with van der Waals surface area (Å²) in [5, 5.41) is 14.3. The number of benzene rings is 2. The number of aromatic nitrogens is 2. The van der Waals surface area contributed by atoms with Crippen LogP contribution in [-0.2, 0) is 16.0 Å². The number of halogens is 1. The maximum Gasteiger partial charge on any atom is 0.264 e. The summed E-state index contributed by atoms with van der Waals surface area (Å²) in [5.41, 5.74) is 7.54. The van der Waals surface area contributed by atoms with Crippen LogP contribution in [0, 0.1) is 5.41 Å². The van der Waals surface area contributed by atoms with Crippen molar-refractivity contribution >= 4 is 52.5 Å². The summed E-state index contributed by atoms with van der Waals surface area (Å²) >= 11 is 7.91. The first-order valence-electron chi connectivity index (χ1n) is 13.4. The maximum atomic E-state index is 13.2. The Morgan fingerprint density at radius 1 is 1.17 bits per heavy atom. The zero-order chi connectivity index (χ0) is 29.3. The number of aliphatic hydroxyl groups is 1. The van der Waals surface area contributed by atoms with E-state index in [2.05, 4.69) is 34.0 Å². The molecule has 3 aromatic rings. The van der Waals surface area contributed by atoms with Gasteiger partial charge in [-0.1, -0.05) is 73.6 Å². The van der Waals surface area contributed by atoms with Crippen molar-refractivity contribution < 1.29 is 14.7 Å². The van der Waals surface area contributed by atoms with Crippen molar-refractivity contribution in [3.63, 3.8) is 0 Å². The number of aliphatic hydroxyl groups excluding tert-OH is 1. The highest BCUT2D eigenvalue weighted by atomic mass is 35.5. The average Bonchev–Trinajstić information content (AvgIpc) is 3.15. The minimum Gasteiger partial charge on any atom is -0.509 e. The molecule has 2 aliphatic heterocycles. The van der Waals surface area contributed by atoms with Gasteiger partial charge >= 0.3 is 0 Å². The summed E-state index contributed by atoms with van der Waals surface area (Å²) in [5.74, 6) is -0.502. The molecule has 0 radical (unpaired) electrons. The molecular weight excluding hydrogens is 560 g/mol. The molecule has 9 nitrogen and oxygen atoms in total. The van der Waals surface area contributed by atoms with Gasteiger partial charge in [-0.25, -0.2) is 9.97 Å². The van der Waals surface area contributed by atoms with Crippen LogP contribution in [0.3, 0.4) is 0 Å². The van der Waals surface area contributed by atoms with Crippen LogP contribution in [0.4, 0.5) is 17.3 Å². The van der Waals surface area contributed by atoms with Gasteiger partial charge in [0.1, 0.15) is 22.2 Å². The predicted molar refractivity (Wildman–Crippen MR) is 162 cm³/mol. The van der Waals surface area contributed by atoms with E-state index < -0.39 is 17.9 Å². The van der Waals surface area contributed by atoms with Crippen LogP contribution in [0.1, 0.15) is 32.3 Å². The Morgan fingerprint density at radius 3 is 2.56 bits per heavy atom. The van der Waals surface area contributed by atoms with Gasteiger partial charge in [0.05, 0.1) is 22.9 Å². The number of carbonyl (C=O) groups is 2. The van der Waals surface area contributed by atoms with E-state index in [1.54, 1.807) is 31.4 Å². The van der Waals surface area contributed by atoms with Crippen LogP contribution in [0.5, 0.6) is 0 Å². The van der Waals surface area contributed by atoms with Gasteiger partial charge in [0.2, 0.25) is 0 Å². The lowest BCUT2D eigenvalue weighted by Crippen LogP contribution is -2.37. The number of piperidine rings is 1. The highest BCUT2D eigenvalue weighted by Crippen LogP contribution is 2.39. The molecule has 1 aromatic heterocycles. The molecular formula is C30H33ClN6O3S. The van der Waals surface area contributed by atoms with Gasteiger partial charge in [-0.2, -0.15) is 0 Å². The summed E-state index contributed by atoms with van der Waals surface area (Å²) in [6.45, 7) is 6.35. The maximum absolute atomic E-state index is 13.2. The number of nitrogens with one attached hydrogen (secondary N) is 1. The monoisotopic (exact) mass is 592 g/mol. The standard InChI is InChI=1S/C30H33ClN6O3S/c1-30(2)12-14-37(15-13-30)22-17-33-28(26(32)35-22)41-21-11-7-10-19(24(21)31)34-27(39)23-25(38)20(36(3)29(23)40)16-18-8-5-4-6-9-18/h4-11,17,20,38H,12-16H2,1-3H3,(H2,32,35)(H,34,39). The topological polar surface area (TPSA) is 125 Å². The Labute approximate surface area is 248 Å². The van der Waals surface area contributed by atoms with Crippen LogP contribution >= 0.6 is 23.4 Å². The summed E-state index contributed by atoms with van der Waals surface area (Å²) in [4.78, 5) is 39.4. The lowest BCUT2D eigenvalue weighted by molar-refractivity contribution is -0.127. The predicted octanol–water partition coefficient (Wildman–Crippen LogP) is 5.32. The van der Waals surface area contributed by atoms with Crippen LogP contribution in [0.25, 0.3) is 0 Å². The van der Waals surface area contributed by atoms with E-state index in [1.165, 1.54) is 16.7 Å². The van der Waals surface area contributed by atoms with E-state index in [0.29, 0.717) is 33.3 Å². The van der Waals surface area contributed by atoms with Crippen molar-refractivity contribution in [2.45, 2.75) is 49.1 Å². The number of hydrogen-bond donors (Lipinski definition) is 3. The summed E-state index contributed by atoms with van der Waals surface area (Å²) in [6.07, 6.45) is 4.25. The fraction of sp³-hybridized carbons (Fsp3) is 0.333. The number of carbonyl (C=O) groups excluding carboxylic acids is 2. The fourth-order valence-corrected chi connectivity index (χ4v) is 6.09. The first kappa shape index (κ1) is 28.8. The smallest absolute Gasteiger partial charge is 0.264 e. The highest BCUT2D eigenvalue weighted by molar-refractivity contribution is 7.99. The number of nitrogen functional groups attached to an aromatic ring is 1. The van der Waals surface area contributed by atoms with Crippen molar-refractivity contribution in [3.8, 4) is 0 Å². The van der Waals surface area contributed by atoms with Gasteiger partial charge in [-0.15, -0.1) is 0 Å². The number of hydrogen-bond acceptors (Lipinski definition) is 8. The van der Waals surface area contributed by atoms with Crippen molar-refractivity contribution in [1.82, 2.24) is 14.9 Å². The molecule has 5 rings (SSSR count). The molecule has 2 aliphatic rings. The fourth-order valence-electron chi connectivity index (χ4n) is 4.99. The second-order valence-electron chi connectivity index (χ2n) is 11.1. The molecule has 1 atom stereocenters. The van der Waals surface area contributed by atoms with Crippen LogP contribution < -0.4 is 16.0 Å². The molecule has 0 saturated carbocycles. The lowest BCUT2D eigenvalue weighted by Gasteiger charge is -2.37. The third kappa shape index (κ3) is 6.13. The molecule has 41 heavy (non-hydrogen) atoms. The molecule has 1 fully saturated rings. The van der Waals surface area contributed by atoms with Gasteiger partial charge in [-0.05, 0) is 36.0 Å². The molecule has 0 bridgehead atoms. The van der Waals surface area contributed by atoms with Gasteiger partial charge in [0, 0.05) is 31.5 Å². The number of likely N-dealkylation sites (N-methyl/N-ethyl adjacent to an activating group) is 1. The molecule has 0 spiro atoms. The van der Waals surface area contributed by atoms with Gasteiger partial charge in [0.25, 0.3) is 11.8 Å². The van der Waals surface area contributed by atoms with E-state index in [9.17, 15) is 14.7 Å². The minimum atomic E-state index is -0.729. The normalized spacial score (nSPS) is 18.6. The largest absolute Gasteiger partial charge is 0.509 e. The summed E-state index contributed by atoms with van der Waals surface area (Å²) in [7, 11) is 1.57.